The average Bonchev–Trinajstić information content (AvgIpc) is 3.10. The van der Waals surface area contributed by atoms with E-state index < -0.39 is 0 Å². The second-order valence-electron chi connectivity index (χ2n) is 8.42. The van der Waals surface area contributed by atoms with Gasteiger partial charge >= 0.3 is 0 Å². The van der Waals surface area contributed by atoms with E-state index in [0.717, 1.165) is 46.1 Å². The number of pyridine rings is 1. The van der Waals surface area contributed by atoms with Crippen LogP contribution < -0.4 is 4.74 Å². The quantitative estimate of drug-likeness (QED) is 0.346. The minimum atomic E-state index is 0.525. The summed E-state index contributed by atoms with van der Waals surface area (Å²) in [7, 11) is 5.94. The Morgan fingerprint density at radius 3 is 2.58 bits per heavy atom. The number of benzene rings is 2. The SMILES string of the molecule is COc1ccc2c(c1)c(-c1cncc(-c3cccc(Cl)c3)c1)cn2CC(C)CN(C)C. The van der Waals surface area contributed by atoms with Crippen LogP contribution in [0.2, 0.25) is 5.02 Å². The van der Waals surface area contributed by atoms with E-state index >= 15 is 0 Å². The van der Waals surface area contributed by atoms with Crippen LogP contribution in [0.15, 0.2) is 67.1 Å². The molecule has 4 nitrogen and oxygen atoms in total. The van der Waals surface area contributed by atoms with Gasteiger partial charge in [0.25, 0.3) is 0 Å². The van der Waals surface area contributed by atoms with E-state index in [1.54, 1.807) is 7.11 Å². The van der Waals surface area contributed by atoms with Gasteiger partial charge in [0.15, 0.2) is 0 Å². The van der Waals surface area contributed by atoms with Crippen LogP contribution in [-0.2, 0) is 6.54 Å². The van der Waals surface area contributed by atoms with Crippen LogP contribution in [0.3, 0.4) is 0 Å². The summed E-state index contributed by atoms with van der Waals surface area (Å²) in [5.41, 5.74) is 5.54. The van der Waals surface area contributed by atoms with E-state index in [1.165, 1.54) is 10.9 Å². The summed E-state index contributed by atoms with van der Waals surface area (Å²) >= 11 is 6.21. The normalized spacial score (nSPS) is 12.5. The van der Waals surface area contributed by atoms with Gasteiger partial charge in [-0.2, -0.15) is 0 Å². The van der Waals surface area contributed by atoms with E-state index in [4.69, 9.17) is 16.3 Å². The molecule has 0 radical (unpaired) electrons. The maximum atomic E-state index is 6.21. The van der Waals surface area contributed by atoms with E-state index in [0.29, 0.717) is 5.92 Å². The first-order chi connectivity index (χ1) is 14.9. The predicted molar refractivity (Wildman–Crippen MR) is 130 cm³/mol. The van der Waals surface area contributed by atoms with Crippen molar-refractivity contribution in [3.63, 3.8) is 0 Å². The first kappa shape index (κ1) is 21.4. The molecule has 0 amide bonds. The first-order valence-corrected chi connectivity index (χ1v) is 10.9. The summed E-state index contributed by atoms with van der Waals surface area (Å²) < 4.78 is 7.87. The lowest BCUT2D eigenvalue weighted by molar-refractivity contribution is 0.318. The highest BCUT2D eigenvalue weighted by molar-refractivity contribution is 6.30. The smallest absolute Gasteiger partial charge is 0.119 e. The Kier molecular flexibility index (Phi) is 6.30. The molecule has 0 aliphatic carbocycles. The summed E-state index contributed by atoms with van der Waals surface area (Å²) in [6, 6.07) is 16.3. The summed E-state index contributed by atoms with van der Waals surface area (Å²) in [5, 5.41) is 1.89. The Bertz CT molecular complexity index is 1200. The van der Waals surface area contributed by atoms with Crippen LogP contribution in [0.25, 0.3) is 33.2 Å². The van der Waals surface area contributed by atoms with Crippen LogP contribution in [0.4, 0.5) is 0 Å². The Labute approximate surface area is 189 Å². The van der Waals surface area contributed by atoms with Gasteiger partial charge < -0.3 is 14.2 Å². The molecule has 5 heteroatoms. The molecule has 0 fully saturated rings. The Hall–Kier alpha value is -2.82. The van der Waals surface area contributed by atoms with Crippen molar-refractivity contribution >= 4 is 22.5 Å². The van der Waals surface area contributed by atoms with Gasteiger partial charge in [0.2, 0.25) is 0 Å². The fourth-order valence-electron chi connectivity index (χ4n) is 4.21. The van der Waals surface area contributed by atoms with Crippen molar-refractivity contribution in [2.24, 2.45) is 5.92 Å². The standard InChI is InChI=1S/C26H28ClN3O/c1-18(15-29(2)3)16-30-17-25(24-12-23(31-4)8-9-26(24)30)21-10-20(13-28-14-21)19-6-5-7-22(27)11-19/h5-14,17-18H,15-16H2,1-4H3. The molecule has 4 aromatic rings. The molecule has 0 saturated carbocycles. The molecule has 0 spiro atoms. The number of halogens is 1. The molecule has 0 bridgehead atoms. The van der Waals surface area contributed by atoms with Crippen LogP contribution in [-0.4, -0.2) is 42.2 Å². The topological polar surface area (TPSA) is 30.3 Å². The van der Waals surface area contributed by atoms with Gasteiger partial charge in [-0.05, 0) is 62.0 Å². The van der Waals surface area contributed by atoms with Gasteiger partial charge in [-0.15, -0.1) is 0 Å². The van der Waals surface area contributed by atoms with Gasteiger partial charge in [-0.25, -0.2) is 0 Å². The molecular weight excluding hydrogens is 406 g/mol. The lowest BCUT2D eigenvalue weighted by Gasteiger charge is -2.18. The second-order valence-corrected chi connectivity index (χ2v) is 8.85. The number of hydrogen-bond acceptors (Lipinski definition) is 3. The number of aromatic nitrogens is 2. The molecule has 0 aliphatic heterocycles. The number of methoxy groups -OCH3 is 1. The van der Waals surface area contributed by atoms with E-state index in [9.17, 15) is 0 Å². The zero-order valence-corrected chi connectivity index (χ0v) is 19.2. The second kappa shape index (κ2) is 9.13. The fraction of sp³-hybridized carbons (Fsp3) is 0.269. The van der Waals surface area contributed by atoms with Gasteiger partial charge in [0.05, 0.1) is 7.11 Å². The van der Waals surface area contributed by atoms with Crippen molar-refractivity contribution in [1.29, 1.82) is 0 Å². The molecule has 0 N–H and O–H groups in total. The first-order valence-electron chi connectivity index (χ1n) is 10.5. The molecular formula is C26H28ClN3O. The summed E-state index contributed by atoms with van der Waals surface area (Å²) in [6.07, 6.45) is 6.05. The number of ether oxygens (including phenoxy) is 1. The van der Waals surface area contributed by atoms with E-state index in [2.05, 4.69) is 65.9 Å². The maximum Gasteiger partial charge on any atom is 0.119 e. The van der Waals surface area contributed by atoms with Crippen molar-refractivity contribution in [3.05, 3.63) is 72.1 Å². The molecule has 4 rings (SSSR count). The monoisotopic (exact) mass is 433 g/mol. The molecule has 2 heterocycles. The number of fused-ring (bicyclic) bond motifs is 1. The Balaban J connectivity index is 1.80. The summed E-state index contributed by atoms with van der Waals surface area (Å²) in [5.74, 6) is 1.38. The molecule has 1 unspecified atom stereocenters. The van der Waals surface area contributed by atoms with Gasteiger partial charge in [-0.1, -0.05) is 30.7 Å². The van der Waals surface area contributed by atoms with Gasteiger partial charge in [-0.3, -0.25) is 4.98 Å². The van der Waals surface area contributed by atoms with Crippen molar-refractivity contribution < 1.29 is 4.74 Å². The lowest BCUT2D eigenvalue weighted by atomic mass is 10.0. The molecule has 0 saturated heterocycles. The molecule has 31 heavy (non-hydrogen) atoms. The van der Waals surface area contributed by atoms with Crippen LogP contribution in [0, 0.1) is 5.92 Å². The van der Waals surface area contributed by atoms with E-state index in [1.807, 2.05) is 36.7 Å². The third kappa shape index (κ3) is 4.76. The van der Waals surface area contributed by atoms with Crippen molar-refractivity contribution in [2.75, 3.05) is 27.7 Å². The molecule has 160 valence electrons. The lowest BCUT2D eigenvalue weighted by Crippen LogP contribution is -2.22. The molecule has 2 aromatic heterocycles. The van der Waals surface area contributed by atoms with Crippen molar-refractivity contribution in [3.8, 4) is 28.0 Å². The third-order valence-corrected chi connectivity index (χ3v) is 5.72. The van der Waals surface area contributed by atoms with E-state index in [-0.39, 0.29) is 0 Å². The van der Waals surface area contributed by atoms with Crippen molar-refractivity contribution in [2.45, 2.75) is 13.5 Å². The zero-order chi connectivity index (χ0) is 22.0. The van der Waals surface area contributed by atoms with Gasteiger partial charge in [0, 0.05) is 64.3 Å². The number of rotatable bonds is 7. The van der Waals surface area contributed by atoms with Gasteiger partial charge in [0.1, 0.15) is 5.75 Å². The minimum Gasteiger partial charge on any atom is -0.497 e. The van der Waals surface area contributed by atoms with Crippen LogP contribution in [0.1, 0.15) is 6.92 Å². The number of hydrogen-bond donors (Lipinski definition) is 0. The zero-order valence-electron chi connectivity index (χ0n) is 18.5. The number of nitrogens with zero attached hydrogens (tertiary/aromatic N) is 3. The molecule has 2 aromatic carbocycles. The third-order valence-electron chi connectivity index (χ3n) is 5.48. The summed E-state index contributed by atoms with van der Waals surface area (Å²) in [6.45, 7) is 4.27. The van der Waals surface area contributed by atoms with Crippen LogP contribution in [0.5, 0.6) is 5.75 Å². The largest absolute Gasteiger partial charge is 0.497 e. The predicted octanol–water partition coefficient (Wildman–Crippen LogP) is 6.23. The minimum absolute atomic E-state index is 0.525. The average molecular weight is 434 g/mol. The molecule has 0 aliphatic rings. The van der Waals surface area contributed by atoms with Crippen molar-refractivity contribution in [1.82, 2.24) is 14.5 Å². The highest BCUT2D eigenvalue weighted by Gasteiger charge is 2.15. The summed E-state index contributed by atoms with van der Waals surface area (Å²) in [4.78, 5) is 6.77. The Morgan fingerprint density at radius 1 is 1.03 bits per heavy atom. The van der Waals surface area contributed by atoms with Crippen LogP contribution >= 0.6 is 11.6 Å². The Morgan fingerprint density at radius 2 is 1.84 bits per heavy atom. The maximum absolute atomic E-state index is 6.21. The highest BCUT2D eigenvalue weighted by Crippen LogP contribution is 2.35. The fourth-order valence-corrected chi connectivity index (χ4v) is 4.40. The molecule has 1 atom stereocenters. The highest BCUT2D eigenvalue weighted by atomic mass is 35.5.